The summed E-state index contributed by atoms with van der Waals surface area (Å²) in [5, 5.41) is -0.983. The lowest BCUT2D eigenvalue weighted by atomic mass is 10.1. The van der Waals surface area contributed by atoms with Crippen molar-refractivity contribution in [1.82, 2.24) is 0 Å². The first kappa shape index (κ1) is 17.5. The number of hydrogen-bond donors (Lipinski definition) is 0. The van der Waals surface area contributed by atoms with E-state index in [-0.39, 0.29) is 20.9 Å². The molecule has 0 amide bonds. The first-order valence-corrected chi connectivity index (χ1v) is 7.81. The number of rotatable bonds is 8. The zero-order valence-corrected chi connectivity index (χ0v) is 13.6. The summed E-state index contributed by atoms with van der Waals surface area (Å²) in [7, 11) is 0. The minimum Gasteiger partial charge on any atom is -0.488 e. The molecule has 0 saturated carbocycles. The van der Waals surface area contributed by atoms with Crippen LogP contribution in [0.15, 0.2) is 20.9 Å². The van der Waals surface area contributed by atoms with E-state index in [1.807, 2.05) is 0 Å². The predicted molar refractivity (Wildman–Crippen MR) is 81.0 cm³/mol. The highest BCUT2D eigenvalue weighted by Crippen LogP contribution is 2.31. The van der Waals surface area contributed by atoms with Crippen LogP contribution in [-0.4, -0.2) is 18.2 Å². The lowest BCUT2D eigenvalue weighted by Crippen LogP contribution is -2.20. The van der Waals surface area contributed by atoms with Gasteiger partial charge in [0.05, 0.1) is 6.61 Å². The van der Waals surface area contributed by atoms with Crippen LogP contribution in [0, 0.1) is 0 Å². The molecule has 20 heavy (non-hydrogen) atoms. The Balaban J connectivity index is 2.44. The Hall–Kier alpha value is -0.510. The highest BCUT2D eigenvalue weighted by molar-refractivity contribution is 6.64. The summed E-state index contributed by atoms with van der Waals surface area (Å²) in [5.74, 6) is -1.50. The third-order valence-corrected chi connectivity index (χ3v) is 4.10. The van der Waals surface area contributed by atoms with Crippen molar-refractivity contribution >= 4 is 46.4 Å². The van der Waals surface area contributed by atoms with E-state index in [0.29, 0.717) is 6.61 Å². The number of halogens is 3. The maximum Gasteiger partial charge on any atom is 0.242 e. The number of allylic oxidation sites excluding steroid dienone is 3. The topological polar surface area (TPSA) is 43.4 Å². The molecule has 3 nitrogen and oxygen atoms in total. The van der Waals surface area contributed by atoms with Gasteiger partial charge in [-0.25, -0.2) is 0 Å². The second kappa shape index (κ2) is 8.71. The lowest BCUT2D eigenvalue weighted by Gasteiger charge is -2.15. The normalized spacial score (nSPS) is 16.2. The van der Waals surface area contributed by atoms with E-state index in [1.165, 1.54) is 19.3 Å². The standard InChI is InChI=1S/C14H17Cl3O3/c1-2-3-4-5-6-7-8-20-14-11(17)12(18)9(15)10(16)13(14)19/h2-8H2,1H3. The van der Waals surface area contributed by atoms with Gasteiger partial charge in [0.15, 0.2) is 5.76 Å². The lowest BCUT2D eigenvalue weighted by molar-refractivity contribution is -0.118. The molecular weight excluding hydrogens is 323 g/mol. The molecule has 0 bridgehead atoms. The minimum atomic E-state index is -0.670. The van der Waals surface area contributed by atoms with E-state index in [9.17, 15) is 9.59 Å². The number of carbonyl (C=O) groups is 2. The SMILES string of the molecule is CCCCCCCCOC1=C(Cl)C(=O)C(Cl)=C(Cl)C1=O. The number of ether oxygens (including phenoxy) is 1. The van der Waals surface area contributed by atoms with E-state index >= 15 is 0 Å². The molecule has 0 unspecified atom stereocenters. The van der Waals surface area contributed by atoms with Crippen LogP contribution >= 0.6 is 34.8 Å². The Bertz CT molecular complexity index is 453. The summed E-state index contributed by atoms with van der Waals surface area (Å²) in [6.45, 7) is 2.49. The second-order valence-electron chi connectivity index (χ2n) is 4.55. The van der Waals surface area contributed by atoms with Crippen molar-refractivity contribution in [1.29, 1.82) is 0 Å². The van der Waals surface area contributed by atoms with Crippen LogP contribution < -0.4 is 0 Å². The highest BCUT2D eigenvalue weighted by atomic mass is 35.5. The van der Waals surface area contributed by atoms with Crippen molar-refractivity contribution < 1.29 is 14.3 Å². The number of ketones is 2. The van der Waals surface area contributed by atoms with Crippen LogP contribution in [0.4, 0.5) is 0 Å². The number of unbranched alkanes of at least 4 members (excludes halogenated alkanes) is 5. The van der Waals surface area contributed by atoms with E-state index < -0.39 is 11.6 Å². The Morgan fingerprint density at radius 2 is 1.35 bits per heavy atom. The molecule has 0 radical (unpaired) electrons. The average molecular weight is 340 g/mol. The number of Topliss-reactive ketones (excluding diaryl/α,β-unsaturated/α-hetero) is 2. The van der Waals surface area contributed by atoms with Gasteiger partial charge in [0.25, 0.3) is 0 Å². The van der Waals surface area contributed by atoms with Crippen molar-refractivity contribution in [2.24, 2.45) is 0 Å². The van der Waals surface area contributed by atoms with Gasteiger partial charge in [-0.2, -0.15) is 0 Å². The molecule has 0 aliphatic heterocycles. The van der Waals surface area contributed by atoms with Gasteiger partial charge in [-0.3, -0.25) is 9.59 Å². The predicted octanol–water partition coefficient (Wildman–Crippen LogP) is 4.65. The van der Waals surface area contributed by atoms with Gasteiger partial charge < -0.3 is 4.74 Å². The van der Waals surface area contributed by atoms with Crippen LogP contribution in [0.1, 0.15) is 45.4 Å². The molecule has 0 N–H and O–H groups in total. The van der Waals surface area contributed by atoms with Crippen LogP contribution in [0.25, 0.3) is 0 Å². The molecule has 0 aromatic rings. The molecule has 112 valence electrons. The Morgan fingerprint density at radius 3 is 2.00 bits per heavy atom. The zero-order valence-electron chi connectivity index (χ0n) is 11.3. The summed E-state index contributed by atoms with van der Waals surface area (Å²) in [4.78, 5) is 23.4. The largest absolute Gasteiger partial charge is 0.488 e. The van der Waals surface area contributed by atoms with Crippen molar-refractivity contribution in [3.8, 4) is 0 Å². The van der Waals surface area contributed by atoms with Crippen molar-refractivity contribution in [2.75, 3.05) is 6.61 Å². The highest BCUT2D eigenvalue weighted by Gasteiger charge is 2.33. The maximum absolute atomic E-state index is 11.8. The molecule has 1 rings (SSSR count). The molecule has 6 heteroatoms. The fourth-order valence-corrected chi connectivity index (χ4v) is 2.42. The van der Waals surface area contributed by atoms with Crippen LogP contribution in [0.5, 0.6) is 0 Å². The van der Waals surface area contributed by atoms with Crippen LogP contribution in [0.2, 0.25) is 0 Å². The molecule has 0 atom stereocenters. The van der Waals surface area contributed by atoms with Crippen LogP contribution in [0.3, 0.4) is 0 Å². The van der Waals surface area contributed by atoms with E-state index in [1.54, 1.807) is 0 Å². The van der Waals surface area contributed by atoms with Gasteiger partial charge in [-0.1, -0.05) is 73.8 Å². The third kappa shape index (κ3) is 4.51. The Kier molecular flexibility index (Phi) is 7.63. The molecule has 0 spiro atoms. The second-order valence-corrected chi connectivity index (χ2v) is 5.68. The quantitative estimate of drug-likeness (QED) is 0.477. The minimum absolute atomic E-state index is 0.195. The molecule has 0 heterocycles. The Morgan fingerprint density at radius 1 is 0.800 bits per heavy atom. The fourth-order valence-electron chi connectivity index (χ4n) is 1.78. The summed E-state index contributed by atoms with van der Waals surface area (Å²) in [6, 6.07) is 0. The smallest absolute Gasteiger partial charge is 0.242 e. The zero-order chi connectivity index (χ0) is 15.1. The molecular formula is C14H17Cl3O3. The van der Waals surface area contributed by atoms with Gasteiger partial charge in [-0.05, 0) is 6.42 Å². The maximum atomic E-state index is 11.8. The average Bonchev–Trinajstić information content (AvgIpc) is 2.45. The Labute approximate surface area is 133 Å². The van der Waals surface area contributed by atoms with Crippen molar-refractivity contribution in [2.45, 2.75) is 45.4 Å². The van der Waals surface area contributed by atoms with E-state index in [4.69, 9.17) is 39.5 Å². The monoisotopic (exact) mass is 338 g/mol. The number of hydrogen-bond acceptors (Lipinski definition) is 3. The van der Waals surface area contributed by atoms with Gasteiger partial charge >= 0.3 is 0 Å². The first-order chi connectivity index (χ1) is 9.50. The van der Waals surface area contributed by atoms with Crippen LogP contribution in [-0.2, 0) is 14.3 Å². The summed E-state index contributed by atoms with van der Waals surface area (Å²) >= 11 is 17.1. The van der Waals surface area contributed by atoms with Crippen molar-refractivity contribution in [3.05, 3.63) is 20.9 Å². The first-order valence-electron chi connectivity index (χ1n) is 6.68. The van der Waals surface area contributed by atoms with E-state index in [2.05, 4.69) is 6.92 Å². The molecule has 0 aromatic heterocycles. The molecule has 0 saturated heterocycles. The van der Waals surface area contributed by atoms with Gasteiger partial charge in [-0.15, -0.1) is 0 Å². The summed E-state index contributed by atoms with van der Waals surface area (Å²) in [6.07, 6.45) is 6.56. The van der Waals surface area contributed by atoms with Crippen molar-refractivity contribution in [3.63, 3.8) is 0 Å². The summed E-state index contributed by atoms with van der Waals surface area (Å²) in [5.41, 5.74) is 0. The number of carbonyl (C=O) groups excluding carboxylic acids is 2. The fraction of sp³-hybridized carbons (Fsp3) is 0.571. The van der Waals surface area contributed by atoms with E-state index in [0.717, 1.165) is 19.3 Å². The molecule has 0 fully saturated rings. The molecule has 1 aliphatic rings. The third-order valence-electron chi connectivity index (χ3n) is 2.94. The van der Waals surface area contributed by atoms with Gasteiger partial charge in [0.1, 0.15) is 15.1 Å². The molecule has 1 aliphatic carbocycles. The molecule has 0 aromatic carbocycles. The summed E-state index contributed by atoms with van der Waals surface area (Å²) < 4.78 is 5.30. The van der Waals surface area contributed by atoms with Gasteiger partial charge in [0, 0.05) is 0 Å². The van der Waals surface area contributed by atoms with Gasteiger partial charge in [0.2, 0.25) is 11.6 Å².